The number of carboxylic acid groups (broad SMARTS) is 2. The topological polar surface area (TPSA) is 452 Å². The predicted octanol–water partition coefficient (Wildman–Crippen LogP) is 4.40. The molecule has 2 saturated heterocycles. The van der Waals surface area contributed by atoms with E-state index in [4.69, 9.17) is 64.7 Å². The normalized spacial score (nSPS) is 21.6. The molecule has 6 aromatic rings. The molecule has 3 unspecified atom stereocenters. The number of halogens is 1. The van der Waals surface area contributed by atoms with Crippen molar-refractivity contribution in [1.29, 1.82) is 0 Å². The second-order valence-corrected chi connectivity index (χ2v) is 30.0. The van der Waals surface area contributed by atoms with Crippen LogP contribution in [0.25, 0.3) is 16.4 Å². The number of anilines is 2. The number of amides is 5. The lowest BCUT2D eigenvalue weighted by atomic mass is 9.93. The first kappa shape index (κ1) is 78.9. The second-order valence-electron chi connectivity index (χ2n) is 28.6. The van der Waals surface area contributed by atoms with Gasteiger partial charge in [0, 0.05) is 110 Å². The number of nitrogens with zero attached hydrogens (tertiary/aromatic N) is 6. The average molecular weight is 1520 g/mol. The summed E-state index contributed by atoms with van der Waals surface area (Å²) in [6, 6.07) is 18.1. The first-order valence-corrected chi connectivity index (χ1v) is 35.2. The van der Waals surface area contributed by atoms with E-state index in [0.29, 0.717) is 16.7 Å². The molecular formula is C71H84ClN9O24S. The summed E-state index contributed by atoms with van der Waals surface area (Å²) in [6.07, 6.45) is -7.13. The van der Waals surface area contributed by atoms with Crippen molar-refractivity contribution in [3.8, 4) is 28.7 Å². The Labute approximate surface area is 613 Å². The fourth-order valence-electron chi connectivity index (χ4n) is 12.7. The van der Waals surface area contributed by atoms with E-state index >= 15 is 0 Å². The minimum absolute atomic E-state index is 0.0258. The van der Waals surface area contributed by atoms with Gasteiger partial charge in [-0.15, -0.1) is 20.0 Å². The molecule has 4 aromatic carbocycles. The van der Waals surface area contributed by atoms with Crippen LogP contribution in [0, 0.1) is 5.41 Å². The number of carbonyl (C=O) groups excluding carboxylic acids is 5. The van der Waals surface area contributed by atoms with E-state index in [2.05, 4.69) is 10.3 Å². The van der Waals surface area contributed by atoms with Gasteiger partial charge in [-0.1, -0.05) is 13.8 Å². The number of aliphatic hydroxyl groups excluding tert-OH is 4. The molecule has 5 amide bonds. The van der Waals surface area contributed by atoms with E-state index in [-0.39, 0.29) is 102 Å². The van der Waals surface area contributed by atoms with Gasteiger partial charge >= 0.3 is 22.3 Å². The molecule has 570 valence electrons. The second kappa shape index (κ2) is 31.0. The van der Waals surface area contributed by atoms with Crippen molar-refractivity contribution in [2.45, 2.75) is 140 Å². The van der Waals surface area contributed by atoms with Gasteiger partial charge in [-0.25, -0.2) is 20.4 Å². The number of methoxy groups -OCH3 is 1. The van der Waals surface area contributed by atoms with E-state index < -0.39 is 147 Å². The predicted molar refractivity (Wildman–Crippen MR) is 378 cm³/mol. The highest BCUT2D eigenvalue weighted by Gasteiger charge is 2.45. The van der Waals surface area contributed by atoms with Crippen LogP contribution in [0.15, 0.2) is 115 Å². The Bertz CT molecular complexity index is 4550. The van der Waals surface area contributed by atoms with Crippen molar-refractivity contribution in [2.75, 3.05) is 63.0 Å². The first-order chi connectivity index (χ1) is 49.6. The Kier molecular flexibility index (Phi) is 23.1. The summed E-state index contributed by atoms with van der Waals surface area (Å²) >= 11 is 6.66. The smallest absolute Gasteiger partial charge is 0.497 e. The molecule has 106 heavy (non-hydrogen) atoms. The third-order valence-corrected chi connectivity index (χ3v) is 18.9. The number of carbonyl (C=O) groups is 7. The van der Waals surface area contributed by atoms with Crippen LogP contribution in [0.3, 0.4) is 0 Å². The maximum absolute atomic E-state index is 14.9. The fraction of sp³-hybridized carbons (Fsp3) is 0.437. The number of hydrazine groups is 1. The minimum Gasteiger partial charge on any atom is -0.497 e. The van der Waals surface area contributed by atoms with Crippen LogP contribution >= 0.6 is 11.6 Å². The van der Waals surface area contributed by atoms with Crippen molar-refractivity contribution in [3.05, 3.63) is 138 Å². The van der Waals surface area contributed by atoms with Crippen molar-refractivity contribution in [1.82, 2.24) is 24.2 Å². The summed E-state index contributed by atoms with van der Waals surface area (Å²) in [5, 5.41) is 65.6. The molecule has 6 heterocycles. The van der Waals surface area contributed by atoms with Crippen LogP contribution in [0.5, 0.6) is 28.7 Å². The summed E-state index contributed by atoms with van der Waals surface area (Å²) in [5.41, 5.74) is 4.06. The molecule has 0 spiro atoms. The highest BCUT2D eigenvalue weighted by molar-refractivity contribution is 7.82. The van der Waals surface area contributed by atoms with Crippen LogP contribution < -0.4 is 44.4 Å². The summed E-state index contributed by atoms with van der Waals surface area (Å²) in [7, 11) is -2.52. The number of nitrogens with one attached hydrogen (secondary N) is 1. The van der Waals surface area contributed by atoms with Gasteiger partial charge in [0.2, 0.25) is 12.6 Å². The molecule has 0 aliphatic carbocycles. The number of pyridine rings is 1. The number of hydrogen-bond donors (Lipinski definition) is 9. The van der Waals surface area contributed by atoms with Crippen LogP contribution in [0.4, 0.5) is 11.4 Å². The van der Waals surface area contributed by atoms with E-state index in [1.54, 1.807) is 59.7 Å². The Morgan fingerprint density at radius 1 is 0.764 bits per heavy atom. The fourth-order valence-corrected chi connectivity index (χ4v) is 13.7. The molecular weight excluding hydrogens is 1430 g/mol. The average Bonchev–Trinajstić information content (AvgIpc) is 1.56. The van der Waals surface area contributed by atoms with Crippen molar-refractivity contribution in [3.63, 3.8) is 0 Å². The van der Waals surface area contributed by atoms with Gasteiger partial charge in [0.25, 0.3) is 29.5 Å². The number of fused-ring (bicyclic) bond motifs is 4. The number of aliphatic hydroxyl groups is 4. The van der Waals surface area contributed by atoms with Gasteiger partial charge in [0.05, 0.1) is 60.7 Å². The number of imidazole rings is 1. The number of nitrogens with two attached hydrogens (primary N) is 2. The molecule has 10 rings (SSSR count). The molecule has 33 nitrogen and oxygen atoms in total. The third kappa shape index (κ3) is 18.2. The molecule has 0 saturated carbocycles. The number of benzene rings is 4. The molecule has 0 radical (unpaired) electrons. The number of aromatic nitrogens is 2. The van der Waals surface area contributed by atoms with E-state index in [1.807, 2.05) is 13.8 Å². The molecule has 4 aliphatic rings. The van der Waals surface area contributed by atoms with Crippen molar-refractivity contribution in [2.24, 2.45) is 17.0 Å². The number of alkyl halides is 1. The zero-order valence-electron chi connectivity index (χ0n) is 59.4. The monoisotopic (exact) mass is 1510 g/mol. The van der Waals surface area contributed by atoms with Gasteiger partial charge in [-0.05, 0) is 125 Å². The Balaban J connectivity index is 0.862. The van der Waals surface area contributed by atoms with E-state index in [0.717, 1.165) is 17.0 Å². The van der Waals surface area contributed by atoms with E-state index in [1.165, 1.54) is 113 Å². The van der Waals surface area contributed by atoms with E-state index in [9.17, 15) is 72.6 Å². The first-order valence-electron chi connectivity index (χ1n) is 33.3. The molecule has 9 atom stereocenters. The number of carboxylic acids is 2. The van der Waals surface area contributed by atoms with Crippen LogP contribution in [0.2, 0.25) is 0 Å². The van der Waals surface area contributed by atoms with Crippen molar-refractivity contribution < 1.29 is 114 Å². The number of rotatable bonds is 29. The molecule has 2 aromatic heterocycles. The Hall–Kier alpha value is -9.72. The van der Waals surface area contributed by atoms with Gasteiger partial charge in [0.1, 0.15) is 40.6 Å². The van der Waals surface area contributed by atoms with Crippen LogP contribution in [-0.4, -0.2) is 224 Å². The number of imide groups is 1. The van der Waals surface area contributed by atoms with Crippen molar-refractivity contribution >= 4 is 91.3 Å². The maximum Gasteiger partial charge on any atom is 0.501 e. The summed E-state index contributed by atoms with van der Waals surface area (Å²) in [5.74, 6) is -0.924. The largest absolute Gasteiger partial charge is 0.501 e. The minimum atomic E-state index is -5.40. The maximum atomic E-state index is 14.9. The standard InChI is InChI=1S/C71H84ClN9O24S/c1-68(2,33-81-55(84)21-22-56(81)85)36-98-71(7,8)53(73)32-79(74)35-70(5,6)105-69(3,4)34-77(9)63(89)38-13-19-49(100-57-27-48(83)59(86)61(102-57)66(93)94)51(23-38)104-106(95,96)103-50-25-46-58(44-24-42(97-10)17-18-43(44)50)39(28-72)29-80(46)64(90)45-31-78-30-40(14-20-54(78)76-45)75-62(88)37-11-15-41(16-12-37)99-67-60(87)47(82)26-52(101-67)65(91)92/h11-25,30-32,39,47-48,52,57,59-61,67,82-83,86-87H,26-29,33-36,73-74H2,1-10H3,(H,75,88)(H,91,92)(H,93,94)/b53-32-/t39?,47-,48+,52?,57+,59?,60+,61-,67+/m0/s1. The molecule has 4 aliphatic heterocycles. The number of hydrogen-bond acceptors (Lipinski definition) is 26. The number of ether oxygens (including phenoxy) is 7. The van der Waals surface area contributed by atoms with Gasteiger partial charge in [0.15, 0.2) is 29.5 Å². The Morgan fingerprint density at radius 3 is 2.08 bits per heavy atom. The van der Waals surface area contributed by atoms with Gasteiger partial charge in [-0.2, -0.15) is 0 Å². The van der Waals surface area contributed by atoms with Gasteiger partial charge < -0.3 is 102 Å². The SMILES string of the molecule is COc1ccc2c(OS(=O)(=O)Oc3cc(C(=O)N(C)CC(C)(C)OC(C)(C)CN(N)/C=C(\N)C(C)(C)OCC(C)(C)CN4C(=O)C=CC4=O)ccc3O[C@H]3C[C@@H](O)C(O)[C@@H](C(=O)O)O3)cc3c(c2c1)C(CCl)CN3C(=O)c1cn2cc(NC(=O)c3ccc(O[C@@H]4OC(C(=O)O)C[C@H](O)[C@H]4O)cc3)ccc2n1. The molecule has 35 heteroatoms. The lowest BCUT2D eigenvalue weighted by molar-refractivity contribution is -0.238. The highest BCUT2D eigenvalue weighted by atomic mass is 35.5. The highest BCUT2D eigenvalue weighted by Crippen LogP contribution is 2.48. The lowest BCUT2D eigenvalue weighted by Gasteiger charge is -2.40. The number of likely N-dealkylation sites (N-methyl/N-ethyl adjacent to an activating group) is 1. The zero-order valence-corrected chi connectivity index (χ0v) is 61.0. The lowest BCUT2D eigenvalue weighted by Crippen LogP contribution is -2.53. The molecule has 11 N–H and O–H groups in total. The Morgan fingerprint density at radius 2 is 1.42 bits per heavy atom. The quantitative estimate of drug-likeness (QED) is 0.0136. The molecule has 0 bridgehead atoms. The summed E-state index contributed by atoms with van der Waals surface area (Å²) in [6.45, 7) is 14.3. The zero-order chi connectivity index (χ0) is 77.4. The van der Waals surface area contributed by atoms with Crippen LogP contribution in [-0.2, 0) is 48.5 Å². The van der Waals surface area contributed by atoms with Gasteiger partial charge in [-0.3, -0.25) is 28.9 Å². The summed E-state index contributed by atoms with van der Waals surface area (Å²) in [4.78, 5) is 99.4. The third-order valence-electron chi connectivity index (χ3n) is 17.8. The molecule has 2 fully saturated rings. The summed E-state index contributed by atoms with van der Waals surface area (Å²) < 4.78 is 83.2. The number of aliphatic carboxylic acids is 2. The van der Waals surface area contributed by atoms with Crippen LogP contribution in [0.1, 0.15) is 111 Å².